The van der Waals surface area contributed by atoms with Gasteiger partial charge >= 0.3 is 0 Å². The molecule has 108 valence electrons. The molecule has 0 aromatic rings. The van der Waals surface area contributed by atoms with Gasteiger partial charge in [0, 0.05) is 13.3 Å². The first-order chi connectivity index (χ1) is 8.85. The number of carboxylic acids is 1. The van der Waals surface area contributed by atoms with Gasteiger partial charge in [-0.3, -0.25) is 4.79 Å². The van der Waals surface area contributed by atoms with Crippen LogP contribution in [-0.2, 0) is 14.3 Å². The van der Waals surface area contributed by atoms with Gasteiger partial charge in [-0.05, 0) is 6.08 Å². The topological polar surface area (TPSA) is 139 Å². The van der Waals surface area contributed by atoms with E-state index in [0.29, 0.717) is 0 Å². The van der Waals surface area contributed by atoms with Gasteiger partial charge in [-0.15, -0.1) is 0 Å². The van der Waals surface area contributed by atoms with E-state index in [1.165, 1.54) is 6.92 Å². The van der Waals surface area contributed by atoms with Gasteiger partial charge < -0.3 is 35.3 Å². The number of carbonyl (C=O) groups is 2. The minimum Gasteiger partial charge on any atom is -0.542 e. The van der Waals surface area contributed by atoms with Gasteiger partial charge in [0.15, 0.2) is 0 Å². The summed E-state index contributed by atoms with van der Waals surface area (Å²) in [5, 5.41) is 41.0. The summed E-state index contributed by atoms with van der Waals surface area (Å²) in [6, 6.07) is -0.915. The zero-order valence-corrected chi connectivity index (χ0v) is 10.3. The molecule has 1 aliphatic heterocycles. The first-order valence-electron chi connectivity index (χ1n) is 5.69. The molecule has 8 nitrogen and oxygen atoms in total. The number of aliphatic hydroxyl groups is 3. The Morgan fingerprint density at radius 1 is 1.58 bits per heavy atom. The number of aliphatic carboxylic acids is 1. The number of hydrogen-bond donors (Lipinski definition) is 4. The normalized spacial score (nSPS) is 28.0. The molecule has 8 heteroatoms. The Kier molecular flexibility index (Phi) is 5.28. The molecule has 0 saturated carbocycles. The molecule has 2 unspecified atom stereocenters. The van der Waals surface area contributed by atoms with Crippen molar-refractivity contribution in [3.63, 3.8) is 0 Å². The minimum atomic E-state index is -1.61. The van der Waals surface area contributed by atoms with E-state index >= 15 is 0 Å². The van der Waals surface area contributed by atoms with Crippen LogP contribution in [0.3, 0.4) is 0 Å². The van der Waals surface area contributed by atoms with E-state index in [9.17, 15) is 24.9 Å². The monoisotopic (exact) mass is 274 g/mol. The maximum atomic E-state index is 11.0. The number of carbonyl (C=O) groups excluding carboxylic acids is 2. The lowest BCUT2D eigenvalue weighted by atomic mass is 9.96. The molecule has 0 fully saturated rings. The Bertz CT molecular complexity index is 381. The maximum Gasteiger partial charge on any atom is 0.217 e. The van der Waals surface area contributed by atoms with Gasteiger partial charge in [-0.1, -0.05) is 0 Å². The molecule has 19 heavy (non-hydrogen) atoms. The number of aliphatic hydroxyl groups excluding tert-OH is 3. The fourth-order valence-corrected chi connectivity index (χ4v) is 1.82. The van der Waals surface area contributed by atoms with Crippen molar-refractivity contribution in [2.45, 2.75) is 37.7 Å². The van der Waals surface area contributed by atoms with Crippen LogP contribution < -0.4 is 10.4 Å². The third-order valence-corrected chi connectivity index (χ3v) is 2.66. The lowest BCUT2D eigenvalue weighted by Gasteiger charge is -2.36. The van der Waals surface area contributed by atoms with E-state index in [0.717, 1.165) is 6.08 Å². The molecule has 0 aromatic heterocycles. The molecule has 0 spiro atoms. The SMILES string of the molecule is CC(=O)N[C@@H]1C(O)C=C(C(=O)[O-])OC1C[C@H](O)CO. The molecule has 0 aliphatic carbocycles. The van der Waals surface area contributed by atoms with Gasteiger partial charge in [-0.2, -0.15) is 0 Å². The van der Waals surface area contributed by atoms with Crippen molar-refractivity contribution in [3.05, 3.63) is 11.8 Å². The van der Waals surface area contributed by atoms with Crippen molar-refractivity contribution in [1.29, 1.82) is 0 Å². The second kappa shape index (κ2) is 6.50. The number of hydrogen-bond acceptors (Lipinski definition) is 7. The molecule has 0 saturated heterocycles. The quantitative estimate of drug-likeness (QED) is 0.410. The Balaban J connectivity index is 2.90. The number of carboxylic acid groups (broad SMARTS) is 1. The van der Waals surface area contributed by atoms with E-state index in [4.69, 9.17) is 9.84 Å². The van der Waals surface area contributed by atoms with E-state index in [-0.39, 0.29) is 6.42 Å². The zero-order chi connectivity index (χ0) is 14.6. The molecule has 4 atom stereocenters. The third kappa shape index (κ3) is 4.19. The molecule has 1 aliphatic rings. The predicted molar refractivity (Wildman–Crippen MR) is 59.3 cm³/mol. The van der Waals surface area contributed by atoms with Crippen LogP contribution in [-0.4, -0.2) is 58.2 Å². The molecular formula is C11H16NO7-. The summed E-state index contributed by atoms with van der Waals surface area (Å²) in [4.78, 5) is 21.7. The van der Waals surface area contributed by atoms with Crippen LogP contribution >= 0.6 is 0 Å². The molecule has 4 N–H and O–H groups in total. The molecular weight excluding hydrogens is 258 g/mol. The number of rotatable bonds is 5. The first-order valence-corrected chi connectivity index (χ1v) is 5.69. The van der Waals surface area contributed by atoms with Gasteiger partial charge in [0.25, 0.3) is 0 Å². The van der Waals surface area contributed by atoms with E-state index < -0.39 is 48.6 Å². The van der Waals surface area contributed by atoms with Crippen molar-refractivity contribution < 1.29 is 34.8 Å². The third-order valence-electron chi connectivity index (χ3n) is 2.66. The van der Waals surface area contributed by atoms with Crippen molar-refractivity contribution in [2.24, 2.45) is 0 Å². The second-order valence-corrected chi connectivity index (χ2v) is 4.26. The highest BCUT2D eigenvalue weighted by molar-refractivity contribution is 5.82. The lowest BCUT2D eigenvalue weighted by molar-refractivity contribution is -0.304. The van der Waals surface area contributed by atoms with Gasteiger partial charge in [0.1, 0.15) is 17.8 Å². The van der Waals surface area contributed by atoms with Gasteiger partial charge in [0.05, 0.1) is 24.9 Å². The Morgan fingerprint density at radius 3 is 2.68 bits per heavy atom. The summed E-state index contributed by atoms with van der Waals surface area (Å²) in [6.45, 7) is 0.678. The molecule has 0 aromatic carbocycles. The van der Waals surface area contributed by atoms with E-state index in [1.807, 2.05) is 0 Å². The number of nitrogens with one attached hydrogen (secondary N) is 1. The van der Waals surface area contributed by atoms with Crippen LogP contribution in [0.25, 0.3) is 0 Å². The van der Waals surface area contributed by atoms with Crippen molar-refractivity contribution in [3.8, 4) is 0 Å². The van der Waals surface area contributed by atoms with Crippen LogP contribution in [0.2, 0.25) is 0 Å². The largest absolute Gasteiger partial charge is 0.542 e. The molecule has 1 amide bonds. The first kappa shape index (κ1) is 15.4. The Hall–Kier alpha value is -1.64. The standard InChI is InChI=1S/C11H17NO7/c1-5(14)12-10-7(16)3-9(11(17)18)19-8(10)2-6(15)4-13/h3,6-8,10,13,15-16H,2,4H2,1H3,(H,12,14)(H,17,18)/p-1/t6-,7?,8?,10+/m0/s1. The van der Waals surface area contributed by atoms with Crippen LogP contribution in [0.4, 0.5) is 0 Å². The zero-order valence-electron chi connectivity index (χ0n) is 10.3. The number of ether oxygens (including phenoxy) is 1. The van der Waals surface area contributed by atoms with Crippen LogP contribution in [0.5, 0.6) is 0 Å². The summed E-state index contributed by atoms with van der Waals surface area (Å²) in [7, 11) is 0. The predicted octanol–water partition coefficient (Wildman–Crippen LogP) is -3.37. The lowest BCUT2D eigenvalue weighted by Crippen LogP contribution is -2.54. The second-order valence-electron chi connectivity index (χ2n) is 4.26. The number of amides is 1. The molecule has 1 heterocycles. The maximum absolute atomic E-state index is 11.0. The fourth-order valence-electron chi connectivity index (χ4n) is 1.82. The molecule has 1 rings (SSSR count). The molecule has 0 bridgehead atoms. The summed E-state index contributed by atoms with van der Waals surface area (Å²) in [5.74, 6) is -2.62. The minimum absolute atomic E-state index is 0.150. The molecule has 0 radical (unpaired) electrons. The average molecular weight is 274 g/mol. The average Bonchev–Trinajstić information content (AvgIpc) is 2.32. The Labute approximate surface area is 109 Å². The highest BCUT2D eigenvalue weighted by Crippen LogP contribution is 2.21. The van der Waals surface area contributed by atoms with Crippen LogP contribution in [0.15, 0.2) is 11.8 Å². The van der Waals surface area contributed by atoms with Gasteiger partial charge in [0.2, 0.25) is 5.91 Å². The summed E-state index contributed by atoms with van der Waals surface area (Å²) >= 11 is 0. The van der Waals surface area contributed by atoms with E-state index in [2.05, 4.69) is 5.32 Å². The Morgan fingerprint density at radius 2 is 2.21 bits per heavy atom. The summed E-state index contributed by atoms with van der Waals surface area (Å²) in [5.41, 5.74) is 0. The highest BCUT2D eigenvalue weighted by Gasteiger charge is 2.36. The van der Waals surface area contributed by atoms with Crippen LogP contribution in [0.1, 0.15) is 13.3 Å². The van der Waals surface area contributed by atoms with E-state index in [1.54, 1.807) is 0 Å². The summed E-state index contributed by atoms with van der Waals surface area (Å²) in [6.07, 6.45) is -2.67. The van der Waals surface area contributed by atoms with Crippen molar-refractivity contribution in [1.82, 2.24) is 5.32 Å². The smallest absolute Gasteiger partial charge is 0.217 e. The summed E-state index contributed by atoms with van der Waals surface area (Å²) < 4.78 is 5.06. The van der Waals surface area contributed by atoms with Crippen molar-refractivity contribution in [2.75, 3.05) is 6.61 Å². The van der Waals surface area contributed by atoms with Crippen molar-refractivity contribution >= 4 is 11.9 Å². The van der Waals surface area contributed by atoms with Crippen LogP contribution in [0, 0.1) is 0 Å². The highest BCUT2D eigenvalue weighted by atomic mass is 16.5. The fraction of sp³-hybridized carbons (Fsp3) is 0.636. The van der Waals surface area contributed by atoms with Gasteiger partial charge in [-0.25, -0.2) is 0 Å².